The van der Waals surface area contributed by atoms with E-state index in [2.05, 4.69) is 23.1 Å². The van der Waals surface area contributed by atoms with Gasteiger partial charge in [-0.2, -0.15) is 10.4 Å². The molecule has 0 amide bonds. The minimum Gasteiger partial charge on any atom is -0.335 e. The Kier molecular flexibility index (Phi) is 2.58. The van der Waals surface area contributed by atoms with Crippen LogP contribution in [-0.4, -0.2) is 19.7 Å². The molecule has 21 heavy (non-hydrogen) atoms. The van der Waals surface area contributed by atoms with Crippen molar-refractivity contribution in [3.63, 3.8) is 0 Å². The SMILES string of the molecule is CC(C1CC1)n1ncc2[nH]c(-c3ccc(C#N)cc3)nc21. The van der Waals surface area contributed by atoms with Gasteiger partial charge in [0.15, 0.2) is 5.65 Å². The molecule has 1 fully saturated rings. The van der Waals surface area contributed by atoms with Crippen molar-refractivity contribution in [1.29, 1.82) is 5.26 Å². The van der Waals surface area contributed by atoms with Crippen molar-refractivity contribution < 1.29 is 0 Å². The van der Waals surface area contributed by atoms with Gasteiger partial charge < -0.3 is 4.98 Å². The van der Waals surface area contributed by atoms with E-state index in [-0.39, 0.29) is 0 Å². The summed E-state index contributed by atoms with van der Waals surface area (Å²) in [5.41, 5.74) is 3.51. The first-order valence-corrected chi connectivity index (χ1v) is 7.20. The van der Waals surface area contributed by atoms with Crippen LogP contribution < -0.4 is 0 Å². The van der Waals surface area contributed by atoms with Gasteiger partial charge in [-0.05, 0) is 49.9 Å². The van der Waals surface area contributed by atoms with Gasteiger partial charge in [0, 0.05) is 5.56 Å². The number of hydrogen-bond donors (Lipinski definition) is 1. The number of imidazole rings is 1. The van der Waals surface area contributed by atoms with Gasteiger partial charge in [-0.15, -0.1) is 0 Å². The molecule has 1 aliphatic rings. The Morgan fingerprint density at radius 1 is 1.33 bits per heavy atom. The van der Waals surface area contributed by atoms with Crippen LogP contribution in [0.5, 0.6) is 0 Å². The van der Waals surface area contributed by atoms with Crippen molar-refractivity contribution >= 4 is 11.2 Å². The second-order valence-electron chi connectivity index (χ2n) is 5.68. The van der Waals surface area contributed by atoms with Crippen LogP contribution in [0, 0.1) is 17.2 Å². The van der Waals surface area contributed by atoms with Gasteiger partial charge in [0.1, 0.15) is 11.3 Å². The number of H-pyrrole nitrogens is 1. The maximum atomic E-state index is 8.85. The second-order valence-corrected chi connectivity index (χ2v) is 5.68. The Labute approximate surface area is 122 Å². The van der Waals surface area contributed by atoms with E-state index in [0.29, 0.717) is 11.6 Å². The Morgan fingerprint density at radius 2 is 2.10 bits per heavy atom. The van der Waals surface area contributed by atoms with Crippen LogP contribution in [0.4, 0.5) is 0 Å². The first kappa shape index (κ1) is 12.2. The summed E-state index contributed by atoms with van der Waals surface area (Å²) < 4.78 is 2.02. The van der Waals surface area contributed by atoms with Gasteiger partial charge in [0.2, 0.25) is 0 Å². The standard InChI is InChI=1S/C16H15N5/c1-10(12-6-7-12)21-16-14(9-18-21)19-15(20-16)13-4-2-11(8-17)3-5-13/h2-5,9-10,12H,6-7H2,1H3,(H,19,20). The molecule has 1 atom stereocenters. The van der Waals surface area contributed by atoms with Gasteiger partial charge in [-0.3, -0.25) is 0 Å². The fourth-order valence-electron chi connectivity index (χ4n) is 2.73. The van der Waals surface area contributed by atoms with Crippen LogP contribution in [0.15, 0.2) is 30.5 Å². The molecule has 4 rings (SSSR count). The van der Waals surface area contributed by atoms with Crippen molar-refractivity contribution in [3.05, 3.63) is 36.0 Å². The number of benzene rings is 1. The molecule has 5 nitrogen and oxygen atoms in total. The number of aromatic nitrogens is 4. The lowest BCUT2D eigenvalue weighted by Crippen LogP contribution is -2.08. The first-order chi connectivity index (χ1) is 10.3. The lowest BCUT2D eigenvalue weighted by atomic mass is 10.1. The number of nitrogens with one attached hydrogen (secondary N) is 1. The summed E-state index contributed by atoms with van der Waals surface area (Å²) >= 11 is 0. The molecule has 0 aliphatic heterocycles. The van der Waals surface area contributed by atoms with E-state index in [1.165, 1.54) is 12.8 Å². The molecule has 1 aliphatic carbocycles. The predicted octanol–water partition coefficient (Wildman–Crippen LogP) is 3.27. The molecule has 1 N–H and O–H groups in total. The van der Waals surface area contributed by atoms with Crippen LogP contribution in [0.2, 0.25) is 0 Å². The molecule has 0 spiro atoms. The molecule has 2 aromatic heterocycles. The topological polar surface area (TPSA) is 70.3 Å². The molecule has 2 heterocycles. The van der Waals surface area contributed by atoms with E-state index in [1.54, 1.807) is 0 Å². The van der Waals surface area contributed by atoms with E-state index in [0.717, 1.165) is 28.5 Å². The average Bonchev–Trinajstić information content (AvgIpc) is 3.17. The summed E-state index contributed by atoms with van der Waals surface area (Å²) in [5, 5.41) is 13.3. The number of nitrogens with zero attached hydrogens (tertiary/aromatic N) is 4. The maximum Gasteiger partial charge on any atom is 0.177 e. The average molecular weight is 277 g/mol. The van der Waals surface area contributed by atoms with Gasteiger partial charge >= 0.3 is 0 Å². The molecule has 104 valence electrons. The summed E-state index contributed by atoms with van der Waals surface area (Å²) in [5.74, 6) is 1.56. The van der Waals surface area contributed by atoms with E-state index in [9.17, 15) is 0 Å². The fourth-order valence-corrected chi connectivity index (χ4v) is 2.73. The smallest absolute Gasteiger partial charge is 0.177 e. The molecule has 1 aromatic carbocycles. The highest BCUT2D eigenvalue weighted by atomic mass is 15.3. The van der Waals surface area contributed by atoms with E-state index in [4.69, 9.17) is 10.2 Å². The van der Waals surface area contributed by atoms with Crippen molar-refractivity contribution in [2.24, 2.45) is 5.92 Å². The van der Waals surface area contributed by atoms with E-state index >= 15 is 0 Å². The molecule has 5 heteroatoms. The Bertz CT molecular complexity index is 830. The van der Waals surface area contributed by atoms with Crippen molar-refractivity contribution in [1.82, 2.24) is 19.7 Å². The number of hydrogen-bond acceptors (Lipinski definition) is 3. The molecule has 0 saturated heterocycles. The first-order valence-electron chi connectivity index (χ1n) is 7.20. The lowest BCUT2D eigenvalue weighted by Gasteiger charge is -2.10. The number of nitriles is 1. The second kappa shape index (κ2) is 4.45. The highest BCUT2D eigenvalue weighted by Gasteiger charge is 2.31. The van der Waals surface area contributed by atoms with E-state index in [1.807, 2.05) is 35.1 Å². The number of rotatable bonds is 3. The Balaban J connectivity index is 1.74. The lowest BCUT2D eigenvalue weighted by molar-refractivity contribution is 0.451. The zero-order valence-corrected chi connectivity index (χ0v) is 11.7. The third-order valence-electron chi connectivity index (χ3n) is 4.22. The zero-order chi connectivity index (χ0) is 14.4. The highest BCUT2D eigenvalue weighted by Crippen LogP contribution is 2.40. The fraction of sp³-hybridized carbons (Fsp3) is 0.312. The third kappa shape index (κ3) is 2.00. The quantitative estimate of drug-likeness (QED) is 0.798. The van der Waals surface area contributed by atoms with Crippen LogP contribution in [0.3, 0.4) is 0 Å². The minimum absolute atomic E-state index is 0.402. The van der Waals surface area contributed by atoms with Crippen molar-refractivity contribution in [2.45, 2.75) is 25.8 Å². The van der Waals surface area contributed by atoms with Crippen molar-refractivity contribution in [3.8, 4) is 17.5 Å². The van der Waals surface area contributed by atoms with Crippen LogP contribution >= 0.6 is 0 Å². The molecular formula is C16H15N5. The van der Waals surface area contributed by atoms with Crippen LogP contribution in [0.25, 0.3) is 22.6 Å². The van der Waals surface area contributed by atoms with Gasteiger partial charge in [-0.1, -0.05) is 0 Å². The Morgan fingerprint density at radius 3 is 2.76 bits per heavy atom. The van der Waals surface area contributed by atoms with E-state index < -0.39 is 0 Å². The van der Waals surface area contributed by atoms with Gasteiger partial charge in [0.05, 0.1) is 23.9 Å². The summed E-state index contributed by atoms with van der Waals surface area (Å²) in [6.45, 7) is 2.21. The van der Waals surface area contributed by atoms with Gasteiger partial charge in [-0.25, -0.2) is 9.67 Å². The number of fused-ring (bicyclic) bond motifs is 1. The zero-order valence-electron chi connectivity index (χ0n) is 11.7. The molecular weight excluding hydrogens is 262 g/mol. The van der Waals surface area contributed by atoms with Gasteiger partial charge in [0.25, 0.3) is 0 Å². The summed E-state index contributed by atoms with van der Waals surface area (Å²) in [4.78, 5) is 8.00. The third-order valence-corrected chi connectivity index (χ3v) is 4.22. The summed E-state index contributed by atoms with van der Waals surface area (Å²) in [6.07, 6.45) is 4.42. The maximum absolute atomic E-state index is 8.85. The monoisotopic (exact) mass is 277 g/mol. The van der Waals surface area contributed by atoms with Crippen LogP contribution in [-0.2, 0) is 0 Å². The van der Waals surface area contributed by atoms with Crippen LogP contribution in [0.1, 0.15) is 31.4 Å². The molecule has 1 saturated carbocycles. The molecule has 0 bridgehead atoms. The highest BCUT2D eigenvalue weighted by molar-refractivity contribution is 5.76. The van der Waals surface area contributed by atoms with Crippen molar-refractivity contribution in [2.75, 3.05) is 0 Å². The minimum atomic E-state index is 0.402. The normalized spacial score (nSPS) is 16.0. The molecule has 0 radical (unpaired) electrons. The summed E-state index contributed by atoms with van der Waals surface area (Å²) in [7, 11) is 0. The largest absolute Gasteiger partial charge is 0.335 e. The molecule has 1 unspecified atom stereocenters. The molecule has 3 aromatic rings. The predicted molar refractivity (Wildman–Crippen MR) is 79.5 cm³/mol. The number of aromatic amines is 1. The Hall–Kier alpha value is -2.61. The summed E-state index contributed by atoms with van der Waals surface area (Å²) in [6, 6.07) is 9.97.